The molecule has 0 aromatic heterocycles. The molecule has 1 aliphatic carbocycles. The monoisotopic (exact) mass is 131 g/mol. The van der Waals surface area contributed by atoms with E-state index in [0.717, 1.165) is 12.8 Å². The molecule has 1 aliphatic rings. The van der Waals surface area contributed by atoms with E-state index in [9.17, 15) is 4.39 Å². The lowest BCUT2D eigenvalue weighted by molar-refractivity contribution is 0.0574. The van der Waals surface area contributed by atoms with Crippen LogP contribution in [0.3, 0.4) is 0 Å². The third kappa shape index (κ3) is 1.23. The minimum Gasteiger partial charge on any atom is -0.328 e. The molecule has 9 heavy (non-hydrogen) atoms. The molecule has 1 atom stereocenters. The van der Waals surface area contributed by atoms with Crippen LogP contribution in [0.1, 0.15) is 26.2 Å². The van der Waals surface area contributed by atoms with Gasteiger partial charge in [0.15, 0.2) is 0 Å². The Labute approximate surface area is 55.4 Å². The predicted molar refractivity (Wildman–Crippen MR) is 35.9 cm³/mol. The molecular formula is C7H14FN. The average Bonchev–Trinajstić information content (AvgIpc) is 1.60. The van der Waals surface area contributed by atoms with E-state index < -0.39 is 5.67 Å². The molecule has 1 unspecified atom stereocenters. The first-order valence-corrected chi connectivity index (χ1v) is 3.56. The third-order valence-corrected chi connectivity index (χ3v) is 2.36. The minimum absolute atomic E-state index is 0.178. The smallest absolute Gasteiger partial charge is 0.123 e. The van der Waals surface area contributed by atoms with Crippen molar-refractivity contribution in [2.45, 2.75) is 31.9 Å². The number of halogens is 1. The van der Waals surface area contributed by atoms with Gasteiger partial charge in [0.2, 0.25) is 0 Å². The highest BCUT2D eigenvalue weighted by Crippen LogP contribution is 2.37. The average molecular weight is 131 g/mol. The second-order valence-electron chi connectivity index (χ2n) is 3.11. The molecule has 1 rings (SSSR count). The minimum atomic E-state index is -1.09. The van der Waals surface area contributed by atoms with Gasteiger partial charge in [-0.15, -0.1) is 0 Å². The number of alkyl halides is 1. The van der Waals surface area contributed by atoms with Crippen molar-refractivity contribution in [3.05, 3.63) is 0 Å². The zero-order valence-corrected chi connectivity index (χ0v) is 5.86. The quantitative estimate of drug-likeness (QED) is 0.603. The summed E-state index contributed by atoms with van der Waals surface area (Å²) in [4.78, 5) is 0. The summed E-state index contributed by atoms with van der Waals surface area (Å²) in [6.07, 6.45) is 3.25. The summed E-state index contributed by atoms with van der Waals surface area (Å²) in [6.45, 7) is 1.79. The van der Waals surface area contributed by atoms with Gasteiger partial charge in [-0.1, -0.05) is 6.42 Å². The molecule has 0 saturated heterocycles. The number of hydrogen-bond donors (Lipinski definition) is 1. The van der Waals surface area contributed by atoms with Crippen LogP contribution in [0.25, 0.3) is 0 Å². The van der Waals surface area contributed by atoms with Gasteiger partial charge in [-0.2, -0.15) is 0 Å². The van der Waals surface area contributed by atoms with Crippen LogP contribution in [0.4, 0.5) is 4.39 Å². The normalized spacial score (nSPS) is 27.0. The van der Waals surface area contributed by atoms with E-state index in [0.29, 0.717) is 0 Å². The van der Waals surface area contributed by atoms with Crippen molar-refractivity contribution >= 4 is 0 Å². The van der Waals surface area contributed by atoms with Crippen molar-refractivity contribution in [3.63, 3.8) is 0 Å². The van der Waals surface area contributed by atoms with Gasteiger partial charge in [-0.25, -0.2) is 4.39 Å². The first-order chi connectivity index (χ1) is 4.17. The molecule has 0 heterocycles. The molecule has 0 bridgehead atoms. The van der Waals surface area contributed by atoms with Gasteiger partial charge in [-0.05, 0) is 25.7 Å². The van der Waals surface area contributed by atoms with Crippen LogP contribution in [-0.2, 0) is 0 Å². The van der Waals surface area contributed by atoms with Crippen molar-refractivity contribution in [2.75, 3.05) is 6.54 Å². The summed E-state index contributed by atoms with van der Waals surface area (Å²) < 4.78 is 13.1. The van der Waals surface area contributed by atoms with Crippen molar-refractivity contribution in [1.82, 2.24) is 0 Å². The van der Waals surface area contributed by atoms with E-state index in [4.69, 9.17) is 5.73 Å². The van der Waals surface area contributed by atoms with Crippen molar-refractivity contribution in [1.29, 1.82) is 0 Å². The zero-order valence-electron chi connectivity index (χ0n) is 5.86. The van der Waals surface area contributed by atoms with E-state index >= 15 is 0 Å². The summed E-state index contributed by atoms with van der Waals surface area (Å²) in [5.74, 6) is 0.252. The Morgan fingerprint density at radius 3 is 2.33 bits per heavy atom. The number of rotatable bonds is 2. The molecule has 1 nitrogen and oxygen atoms in total. The summed E-state index contributed by atoms with van der Waals surface area (Å²) in [5, 5.41) is 0. The molecule has 1 saturated carbocycles. The molecule has 0 aromatic rings. The fourth-order valence-corrected chi connectivity index (χ4v) is 1.18. The highest BCUT2D eigenvalue weighted by atomic mass is 19.1. The Hall–Kier alpha value is -0.110. The van der Waals surface area contributed by atoms with E-state index in [1.165, 1.54) is 6.42 Å². The Bertz CT molecular complexity index is 97.1. The molecular weight excluding hydrogens is 117 g/mol. The first kappa shape index (κ1) is 7.00. The van der Waals surface area contributed by atoms with Crippen LogP contribution >= 0.6 is 0 Å². The molecule has 2 N–H and O–H groups in total. The second-order valence-corrected chi connectivity index (χ2v) is 3.11. The fraction of sp³-hybridized carbons (Fsp3) is 1.00. The van der Waals surface area contributed by atoms with Crippen LogP contribution in [0.15, 0.2) is 0 Å². The third-order valence-electron chi connectivity index (χ3n) is 2.36. The Morgan fingerprint density at radius 1 is 1.67 bits per heavy atom. The van der Waals surface area contributed by atoms with Gasteiger partial charge in [0.25, 0.3) is 0 Å². The van der Waals surface area contributed by atoms with Crippen molar-refractivity contribution < 1.29 is 4.39 Å². The lowest BCUT2D eigenvalue weighted by Gasteiger charge is -2.35. The lowest BCUT2D eigenvalue weighted by atomic mass is 9.75. The standard InChI is InChI=1S/C7H14FN/c1-7(8,5-9)6-3-2-4-6/h6H,2-5,9H2,1H3. The highest BCUT2D eigenvalue weighted by molar-refractivity contribution is 4.88. The summed E-state index contributed by atoms with van der Waals surface area (Å²) in [5.41, 5.74) is 4.16. The Morgan fingerprint density at radius 2 is 2.22 bits per heavy atom. The zero-order chi connectivity index (χ0) is 6.91. The van der Waals surface area contributed by atoms with Gasteiger partial charge in [-0.3, -0.25) is 0 Å². The molecule has 1 fully saturated rings. The molecule has 2 heteroatoms. The Kier molecular flexibility index (Phi) is 1.75. The molecule has 0 radical (unpaired) electrons. The van der Waals surface area contributed by atoms with E-state index in [1.807, 2.05) is 0 Å². The van der Waals surface area contributed by atoms with Crippen LogP contribution < -0.4 is 5.73 Å². The maximum absolute atomic E-state index is 13.1. The second kappa shape index (κ2) is 2.25. The predicted octanol–water partition coefficient (Wildman–Crippen LogP) is 1.47. The van der Waals surface area contributed by atoms with Crippen LogP contribution in [0.5, 0.6) is 0 Å². The van der Waals surface area contributed by atoms with Crippen molar-refractivity contribution in [3.8, 4) is 0 Å². The molecule has 0 amide bonds. The van der Waals surface area contributed by atoms with E-state index in [1.54, 1.807) is 6.92 Å². The highest BCUT2D eigenvalue weighted by Gasteiger charge is 2.36. The first-order valence-electron chi connectivity index (χ1n) is 3.56. The van der Waals surface area contributed by atoms with Crippen molar-refractivity contribution in [2.24, 2.45) is 11.7 Å². The molecule has 0 aliphatic heterocycles. The molecule has 0 spiro atoms. The Balaban J connectivity index is 2.37. The largest absolute Gasteiger partial charge is 0.328 e. The number of nitrogens with two attached hydrogens (primary N) is 1. The summed E-state index contributed by atoms with van der Waals surface area (Å²) in [7, 11) is 0. The van der Waals surface area contributed by atoms with Gasteiger partial charge in [0.05, 0.1) is 0 Å². The van der Waals surface area contributed by atoms with Gasteiger partial charge >= 0.3 is 0 Å². The SMILES string of the molecule is CC(F)(CN)C1CCC1. The summed E-state index contributed by atoms with van der Waals surface area (Å²) in [6, 6.07) is 0. The van der Waals surface area contributed by atoms with Crippen LogP contribution in [-0.4, -0.2) is 12.2 Å². The van der Waals surface area contributed by atoms with Gasteiger partial charge < -0.3 is 5.73 Å². The van der Waals surface area contributed by atoms with E-state index in [2.05, 4.69) is 0 Å². The molecule has 0 aromatic carbocycles. The van der Waals surface area contributed by atoms with Crippen LogP contribution in [0.2, 0.25) is 0 Å². The maximum Gasteiger partial charge on any atom is 0.123 e. The van der Waals surface area contributed by atoms with E-state index in [-0.39, 0.29) is 12.5 Å². The van der Waals surface area contributed by atoms with Crippen LogP contribution in [0, 0.1) is 5.92 Å². The maximum atomic E-state index is 13.1. The number of hydrogen-bond acceptors (Lipinski definition) is 1. The van der Waals surface area contributed by atoms with Gasteiger partial charge in [0.1, 0.15) is 5.67 Å². The lowest BCUT2D eigenvalue weighted by Crippen LogP contribution is -2.41. The summed E-state index contributed by atoms with van der Waals surface area (Å²) >= 11 is 0. The van der Waals surface area contributed by atoms with Gasteiger partial charge in [0, 0.05) is 6.54 Å². The molecule has 54 valence electrons. The fourth-order valence-electron chi connectivity index (χ4n) is 1.18. The topological polar surface area (TPSA) is 26.0 Å².